The van der Waals surface area contributed by atoms with Gasteiger partial charge in [0.2, 0.25) is 0 Å². The lowest BCUT2D eigenvalue weighted by atomic mass is 10.1. The first-order valence-corrected chi connectivity index (χ1v) is 7.22. The minimum absolute atomic E-state index is 0.314. The van der Waals surface area contributed by atoms with E-state index in [9.17, 15) is 0 Å². The van der Waals surface area contributed by atoms with E-state index in [1.807, 2.05) is 0 Å². The van der Waals surface area contributed by atoms with Gasteiger partial charge in [-0.05, 0) is 25.7 Å². The highest BCUT2D eigenvalue weighted by molar-refractivity contribution is 5.56. The third kappa shape index (κ3) is 3.35. The Labute approximate surface area is 115 Å². The molecule has 2 N–H and O–H groups in total. The molecule has 1 atom stereocenters. The third-order valence-corrected chi connectivity index (χ3v) is 3.54. The SMILES string of the molecule is CCCOC1CCCN(c2ncnc(N)c2CC)C1. The number of hydrogen-bond acceptors (Lipinski definition) is 5. The molecular weight excluding hydrogens is 240 g/mol. The predicted molar refractivity (Wildman–Crippen MR) is 77.3 cm³/mol. The van der Waals surface area contributed by atoms with E-state index in [2.05, 4.69) is 28.7 Å². The Morgan fingerprint density at radius 1 is 1.42 bits per heavy atom. The lowest BCUT2D eigenvalue weighted by Gasteiger charge is -2.34. The number of nitrogens with two attached hydrogens (primary N) is 1. The van der Waals surface area contributed by atoms with E-state index in [1.54, 1.807) is 6.33 Å². The van der Waals surface area contributed by atoms with Gasteiger partial charge >= 0.3 is 0 Å². The second-order valence-corrected chi connectivity index (χ2v) is 5.00. The minimum atomic E-state index is 0.314. The molecule has 0 aliphatic carbocycles. The van der Waals surface area contributed by atoms with Crippen molar-refractivity contribution in [2.45, 2.75) is 45.6 Å². The topological polar surface area (TPSA) is 64.3 Å². The van der Waals surface area contributed by atoms with Crippen LogP contribution in [0.1, 0.15) is 38.7 Å². The summed E-state index contributed by atoms with van der Waals surface area (Å²) < 4.78 is 5.87. The van der Waals surface area contributed by atoms with Gasteiger partial charge in [0.05, 0.1) is 6.10 Å². The Morgan fingerprint density at radius 3 is 3.00 bits per heavy atom. The molecule has 1 fully saturated rings. The standard InChI is InChI=1S/C14H24N4O/c1-3-8-19-11-6-5-7-18(9-11)14-12(4-2)13(15)16-10-17-14/h10-11H,3-9H2,1-2H3,(H2,15,16,17). The summed E-state index contributed by atoms with van der Waals surface area (Å²) in [7, 11) is 0. The van der Waals surface area contributed by atoms with Gasteiger partial charge in [-0.2, -0.15) is 0 Å². The third-order valence-electron chi connectivity index (χ3n) is 3.54. The Hall–Kier alpha value is -1.36. The quantitative estimate of drug-likeness (QED) is 0.881. The van der Waals surface area contributed by atoms with E-state index in [0.29, 0.717) is 11.9 Å². The summed E-state index contributed by atoms with van der Waals surface area (Å²) in [5.74, 6) is 1.59. The summed E-state index contributed by atoms with van der Waals surface area (Å²) in [6.45, 7) is 7.00. The van der Waals surface area contributed by atoms with Crippen molar-refractivity contribution in [1.82, 2.24) is 9.97 Å². The molecule has 2 rings (SSSR count). The van der Waals surface area contributed by atoms with Crippen molar-refractivity contribution in [3.8, 4) is 0 Å². The second-order valence-electron chi connectivity index (χ2n) is 5.00. The summed E-state index contributed by atoms with van der Waals surface area (Å²) >= 11 is 0. The van der Waals surface area contributed by atoms with Gasteiger partial charge < -0.3 is 15.4 Å². The van der Waals surface area contributed by atoms with Crippen LogP contribution in [-0.2, 0) is 11.2 Å². The maximum absolute atomic E-state index is 5.94. The summed E-state index contributed by atoms with van der Waals surface area (Å²) in [6, 6.07) is 0. The number of rotatable bonds is 5. The van der Waals surface area contributed by atoms with Crippen LogP contribution in [0.2, 0.25) is 0 Å². The smallest absolute Gasteiger partial charge is 0.137 e. The van der Waals surface area contributed by atoms with E-state index < -0.39 is 0 Å². The average Bonchev–Trinajstić information content (AvgIpc) is 2.45. The zero-order valence-electron chi connectivity index (χ0n) is 11.9. The highest BCUT2D eigenvalue weighted by Gasteiger charge is 2.23. The molecule has 0 saturated carbocycles. The molecule has 106 valence electrons. The number of aromatic nitrogens is 2. The zero-order chi connectivity index (χ0) is 13.7. The first-order valence-electron chi connectivity index (χ1n) is 7.22. The number of nitrogen functional groups attached to an aromatic ring is 1. The highest BCUT2D eigenvalue weighted by Crippen LogP contribution is 2.25. The number of nitrogens with zero attached hydrogens (tertiary/aromatic N) is 3. The van der Waals surface area contributed by atoms with Gasteiger partial charge in [-0.1, -0.05) is 13.8 Å². The Bertz CT molecular complexity index is 410. The Morgan fingerprint density at radius 2 is 2.26 bits per heavy atom. The van der Waals surface area contributed by atoms with Gasteiger partial charge in [0, 0.05) is 25.3 Å². The van der Waals surface area contributed by atoms with E-state index in [0.717, 1.165) is 56.8 Å². The van der Waals surface area contributed by atoms with Gasteiger partial charge in [-0.25, -0.2) is 9.97 Å². The molecule has 0 bridgehead atoms. The van der Waals surface area contributed by atoms with Crippen LogP contribution >= 0.6 is 0 Å². The maximum Gasteiger partial charge on any atom is 0.137 e. The molecule has 0 radical (unpaired) electrons. The van der Waals surface area contributed by atoms with E-state index >= 15 is 0 Å². The number of hydrogen-bond donors (Lipinski definition) is 1. The van der Waals surface area contributed by atoms with E-state index in [1.165, 1.54) is 0 Å². The van der Waals surface area contributed by atoms with Crippen molar-refractivity contribution in [2.75, 3.05) is 30.3 Å². The molecule has 0 spiro atoms. The fourth-order valence-corrected chi connectivity index (χ4v) is 2.58. The van der Waals surface area contributed by atoms with Crippen LogP contribution in [0.5, 0.6) is 0 Å². The van der Waals surface area contributed by atoms with Gasteiger partial charge in [0.1, 0.15) is 18.0 Å². The zero-order valence-corrected chi connectivity index (χ0v) is 11.9. The first kappa shape index (κ1) is 14.1. The molecule has 0 amide bonds. The van der Waals surface area contributed by atoms with Crippen molar-refractivity contribution in [2.24, 2.45) is 0 Å². The van der Waals surface area contributed by atoms with Crippen molar-refractivity contribution in [3.05, 3.63) is 11.9 Å². The molecule has 5 heteroatoms. The fourth-order valence-electron chi connectivity index (χ4n) is 2.58. The van der Waals surface area contributed by atoms with Crippen LogP contribution < -0.4 is 10.6 Å². The maximum atomic E-state index is 5.94. The molecule has 0 aromatic carbocycles. The van der Waals surface area contributed by atoms with E-state index in [4.69, 9.17) is 10.5 Å². The van der Waals surface area contributed by atoms with Gasteiger partial charge in [0.25, 0.3) is 0 Å². The van der Waals surface area contributed by atoms with Crippen LogP contribution in [-0.4, -0.2) is 35.8 Å². The lowest BCUT2D eigenvalue weighted by molar-refractivity contribution is 0.0439. The molecule has 1 aromatic rings. The normalized spacial score (nSPS) is 19.7. The van der Waals surface area contributed by atoms with Gasteiger partial charge in [0.15, 0.2) is 0 Å². The molecule has 19 heavy (non-hydrogen) atoms. The summed E-state index contributed by atoms with van der Waals surface area (Å²) in [6.07, 6.45) is 6.07. The van der Waals surface area contributed by atoms with Gasteiger partial charge in [-0.15, -0.1) is 0 Å². The number of ether oxygens (including phenoxy) is 1. The minimum Gasteiger partial charge on any atom is -0.383 e. The largest absolute Gasteiger partial charge is 0.383 e. The van der Waals surface area contributed by atoms with Crippen molar-refractivity contribution in [3.63, 3.8) is 0 Å². The van der Waals surface area contributed by atoms with Crippen molar-refractivity contribution < 1.29 is 4.74 Å². The Balaban J connectivity index is 2.10. The Kier molecular flexibility index (Phi) is 4.96. The van der Waals surface area contributed by atoms with Crippen molar-refractivity contribution in [1.29, 1.82) is 0 Å². The fraction of sp³-hybridized carbons (Fsp3) is 0.714. The van der Waals surface area contributed by atoms with Crippen LogP contribution in [0, 0.1) is 0 Å². The van der Waals surface area contributed by atoms with Crippen LogP contribution in [0.15, 0.2) is 6.33 Å². The molecule has 5 nitrogen and oxygen atoms in total. The van der Waals surface area contributed by atoms with Crippen LogP contribution in [0.3, 0.4) is 0 Å². The number of anilines is 2. The van der Waals surface area contributed by atoms with Crippen LogP contribution in [0.4, 0.5) is 11.6 Å². The highest BCUT2D eigenvalue weighted by atomic mass is 16.5. The monoisotopic (exact) mass is 264 g/mol. The molecule has 1 aromatic heterocycles. The molecule has 1 saturated heterocycles. The summed E-state index contributed by atoms with van der Waals surface area (Å²) in [5, 5.41) is 0. The lowest BCUT2D eigenvalue weighted by Crippen LogP contribution is -2.40. The molecule has 2 heterocycles. The molecule has 1 unspecified atom stereocenters. The van der Waals surface area contributed by atoms with Crippen LogP contribution in [0.25, 0.3) is 0 Å². The second kappa shape index (κ2) is 6.70. The molecular formula is C14H24N4O. The van der Waals surface area contributed by atoms with Crippen molar-refractivity contribution >= 4 is 11.6 Å². The summed E-state index contributed by atoms with van der Waals surface area (Å²) in [5.41, 5.74) is 7.00. The predicted octanol–water partition coefficient (Wildman–Crippen LogP) is 2.02. The first-order chi connectivity index (χ1) is 9.26. The summed E-state index contributed by atoms with van der Waals surface area (Å²) in [4.78, 5) is 10.8. The van der Waals surface area contributed by atoms with E-state index in [-0.39, 0.29) is 0 Å². The number of piperidine rings is 1. The van der Waals surface area contributed by atoms with Gasteiger partial charge in [-0.3, -0.25) is 0 Å². The molecule has 1 aliphatic rings. The average molecular weight is 264 g/mol. The molecule has 1 aliphatic heterocycles.